The van der Waals surface area contributed by atoms with Crippen LogP contribution in [0.4, 0.5) is 0 Å². The van der Waals surface area contributed by atoms with E-state index in [-0.39, 0.29) is 11.4 Å². The number of nitrogens with zero attached hydrogens (tertiary/aromatic N) is 1. The average Bonchev–Trinajstić information content (AvgIpc) is 2.29. The SMILES string of the molecule is CC(C)(C)N1CC(CCl)CC1=O. The molecule has 0 aromatic rings. The van der Waals surface area contributed by atoms with Crippen molar-refractivity contribution in [3.63, 3.8) is 0 Å². The highest BCUT2D eigenvalue weighted by molar-refractivity contribution is 6.18. The van der Waals surface area contributed by atoms with Crippen LogP contribution < -0.4 is 0 Å². The number of likely N-dealkylation sites (tertiary alicyclic amines) is 1. The van der Waals surface area contributed by atoms with E-state index in [0.29, 0.717) is 18.2 Å². The first-order valence-electron chi connectivity index (χ1n) is 4.31. The van der Waals surface area contributed by atoms with E-state index < -0.39 is 0 Å². The Labute approximate surface area is 78.9 Å². The molecular formula is C9H16ClNO. The average molecular weight is 190 g/mol. The van der Waals surface area contributed by atoms with E-state index in [2.05, 4.69) is 20.8 Å². The molecule has 0 aromatic carbocycles. The molecule has 1 amide bonds. The van der Waals surface area contributed by atoms with Crippen LogP contribution in [0.1, 0.15) is 27.2 Å². The normalized spacial score (nSPS) is 25.2. The van der Waals surface area contributed by atoms with Crippen molar-refractivity contribution < 1.29 is 4.79 Å². The Morgan fingerprint density at radius 3 is 2.42 bits per heavy atom. The molecule has 70 valence electrons. The van der Waals surface area contributed by atoms with Crippen molar-refractivity contribution in [3.8, 4) is 0 Å². The number of halogens is 1. The van der Waals surface area contributed by atoms with Crippen molar-refractivity contribution in [2.45, 2.75) is 32.7 Å². The van der Waals surface area contributed by atoms with E-state index in [1.54, 1.807) is 0 Å². The molecule has 1 heterocycles. The molecule has 2 nitrogen and oxygen atoms in total. The Kier molecular flexibility index (Phi) is 2.67. The largest absolute Gasteiger partial charge is 0.338 e. The summed E-state index contributed by atoms with van der Waals surface area (Å²) in [6, 6.07) is 0. The lowest BCUT2D eigenvalue weighted by Crippen LogP contribution is -2.42. The van der Waals surface area contributed by atoms with Crippen LogP contribution in [0.15, 0.2) is 0 Å². The molecule has 0 radical (unpaired) electrons. The summed E-state index contributed by atoms with van der Waals surface area (Å²) in [4.78, 5) is 13.4. The fourth-order valence-electron chi connectivity index (χ4n) is 1.53. The van der Waals surface area contributed by atoms with E-state index in [1.807, 2.05) is 4.90 Å². The van der Waals surface area contributed by atoms with Gasteiger partial charge in [0.05, 0.1) is 0 Å². The zero-order valence-electron chi connectivity index (χ0n) is 7.93. The van der Waals surface area contributed by atoms with Crippen LogP contribution in [-0.4, -0.2) is 28.8 Å². The van der Waals surface area contributed by atoms with Crippen LogP contribution in [0.2, 0.25) is 0 Å². The summed E-state index contributed by atoms with van der Waals surface area (Å²) in [7, 11) is 0. The Morgan fingerprint density at radius 2 is 2.17 bits per heavy atom. The molecule has 0 N–H and O–H groups in total. The number of alkyl halides is 1. The lowest BCUT2D eigenvalue weighted by Gasteiger charge is -2.31. The van der Waals surface area contributed by atoms with Gasteiger partial charge in [0.1, 0.15) is 0 Å². The minimum Gasteiger partial charge on any atom is -0.338 e. The van der Waals surface area contributed by atoms with Crippen LogP contribution in [0.25, 0.3) is 0 Å². The minimum atomic E-state index is -0.0438. The minimum absolute atomic E-state index is 0.0438. The molecule has 0 spiro atoms. The van der Waals surface area contributed by atoms with Crippen LogP contribution >= 0.6 is 11.6 Å². The van der Waals surface area contributed by atoms with E-state index in [4.69, 9.17) is 11.6 Å². The van der Waals surface area contributed by atoms with Gasteiger partial charge in [-0.3, -0.25) is 4.79 Å². The molecule has 3 heteroatoms. The molecule has 1 aliphatic rings. The van der Waals surface area contributed by atoms with Gasteiger partial charge in [-0.1, -0.05) is 0 Å². The van der Waals surface area contributed by atoms with Gasteiger partial charge in [0.2, 0.25) is 5.91 Å². The number of amides is 1. The highest BCUT2D eigenvalue weighted by Gasteiger charge is 2.35. The highest BCUT2D eigenvalue weighted by atomic mass is 35.5. The van der Waals surface area contributed by atoms with Crippen LogP contribution in [0, 0.1) is 5.92 Å². The van der Waals surface area contributed by atoms with Crippen molar-refractivity contribution in [2.24, 2.45) is 5.92 Å². The second kappa shape index (κ2) is 3.25. The molecule has 1 atom stereocenters. The molecule has 0 aliphatic carbocycles. The summed E-state index contributed by atoms with van der Waals surface area (Å²) in [6.45, 7) is 7.00. The Hall–Kier alpha value is -0.240. The molecule has 0 saturated carbocycles. The van der Waals surface area contributed by atoms with Crippen molar-refractivity contribution in [3.05, 3.63) is 0 Å². The fraction of sp³-hybridized carbons (Fsp3) is 0.889. The maximum atomic E-state index is 11.5. The van der Waals surface area contributed by atoms with Gasteiger partial charge in [-0.25, -0.2) is 0 Å². The third-order valence-electron chi connectivity index (χ3n) is 2.23. The number of carbonyl (C=O) groups is 1. The highest BCUT2D eigenvalue weighted by Crippen LogP contribution is 2.26. The smallest absolute Gasteiger partial charge is 0.223 e. The van der Waals surface area contributed by atoms with Crippen molar-refractivity contribution in [1.82, 2.24) is 4.90 Å². The van der Waals surface area contributed by atoms with Gasteiger partial charge < -0.3 is 4.90 Å². The van der Waals surface area contributed by atoms with Crippen LogP contribution in [-0.2, 0) is 4.79 Å². The zero-order valence-corrected chi connectivity index (χ0v) is 8.69. The van der Waals surface area contributed by atoms with Crippen LogP contribution in [0.5, 0.6) is 0 Å². The predicted octanol–water partition coefficient (Wildman–Crippen LogP) is 1.87. The lowest BCUT2D eigenvalue weighted by atomic mass is 10.1. The summed E-state index contributed by atoms with van der Waals surface area (Å²) in [6.07, 6.45) is 0.626. The lowest BCUT2D eigenvalue weighted by molar-refractivity contribution is -0.131. The Morgan fingerprint density at radius 1 is 1.58 bits per heavy atom. The van der Waals surface area contributed by atoms with Gasteiger partial charge >= 0.3 is 0 Å². The van der Waals surface area contributed by atoms with Gasteiger partial charge in [-0.15, -0.1) is 11.6 Å². The molecule has 1 fully saturated rings. The topological polar surface area (TPSA) is 20.3 Å². The number of hydrogen-bond acceptors (Lipinski definition) is 1. The van der Waals surface area contributed by atoms with Gasteiger partial charge in [0.25, 0.3) is 0 Å². The van der Waals surface area contributed by atoms with Crippen molar-refractivity contribution in [1.29, 1.82) is 0 Å². The molecular weight excluding hydrogens is 174 g/mol. The number of carbonyl (C=O) groups excluding carboxylic acids is 1. The number of hydrogen-bond donors (Lipinski definition) is 0. The second-order valence-corrected chi connectivity index (χ2v) is 4.71. The molecule has 12 heavy (non-hydrogen) atoms. The molecule has 1 rings (SSSR count). The van der Waals surface area contributed by atoms with Gasteiger partial charge in [0.15, 0.2) is 0 Å². The van der Waals surface area contributed by atoms with Crippen molar-refractivity contribution >= 4 is 17.5 Å². The second-order valence-electron chi connectivity index (χ2n) is 4.40. The van der Waals surface area contributed by atoms with Crippen LogP contribution in [0.3, 0.4) is 0 Å². The molecule has 1 saturated heterocycles. The Bertz CT molecular complexity index is 185. The molecule has 1 unspecified atom stereocenters. The predicted molar refractivity (Wildman–Crippen MR) is 50.3 cm³/mol. The van der Waals surface area contributed by atoms with E-state index in [1.165, 1.54) is 0 Å². The first kappa shape index (κ1) is 9.85. The summed E-state index contributed by atoms with van der Waals surface area (Å²) in [5.41, 5.74) is -0.0438. The van der Waals surface area contributed by atoms with E-state index >= 15 is 0 Å². The molecule has 0 aromatic heterocycles. The van der Waals surface area contributed by atoms with Gasteiger partial charge in [-0.05, 0) is 26.7 Å². The fourth-order valence-corrected chi connectivity index (χ4v) is 1.74. The number of rotatable bonds is 1. The maximum Gasteiger partial charge on any atom is 0.223 e. The third-order valence-corrected chi connectivity index (χ3v) is 2.67. The standard InChI is InChI=1S/C9H16ClNO/c1-9(2,3)11-6-7(5-10)4-8(11)12/h7H,4-6H2,1-3H3. The summed E-state index contributed by atoms with van der Waals surface area (Å²) in [5.74, 6) is 1.20. The third kappa shape index (κ3) is 1.92. The quantitative estimate of drug-likeness (QED) is 0.577. The summed E-state index contributed by atoms with van der Waals surface area (Å²) in [5, 5.41) is 0. The van der Waals surface area contributed by atoms with Crippen molar-refractivity contribution in [2.75, 3.05) is 12.4 Å². The monoisotopic (exact) mass is 189 g/mol. The van der Waals surface area contributed by atoms with E-state index in [0.717, 1.165) is 6.54 Å². The Balaban J connectivity index is 2.64. The van der Waals surface area contributed by atoms with Gasteiger partial charge in [0, 0.05) is 24.4 Å². The van der Waals surface area contributed by atoms with Gasteiger partial charge in [-0.2, -0.15) is 0 Å². The molecule has 0 bridgehead atoms. The zero-order chi connectivity index (χ0) is 9.35. The first-order chi connectivity index (χ1) is 5.45. The molecule has 1 aliphatic heterocycles. The first-order valence-corrected chi connectivity index (χ1v) is 4.85. The summed E-state index contributed by atoms with van der Waals surface area (Å²) >= 11 is 5.71. The van der Waals surface area contributed by atoms with E-state index in [9.17, 15) is 4.79 Å². The maximum absolute atomic E-state index is 11.5. The summed E-state index contributed by atoms with van der Waals surface area (Å²) < 4.78 is 0.